The van der Waals surface area contributed by atoms with Gasteiger partial charge in [-0.25, -0.2) is 14.6 Å². The fraction of sp³-hybridized carbons (Fsp3) is 0.605. The van der Waals surface area contributed by atoms with Crippen LogP contribution in [0.15, 0.2) is 53.1 Å². The Morgan fingerprint density at radius 2 is 1.65 bits per heavy atom. The molecule has 2 aliphatic heterocycles. The molecule has 0 aromatic carbocycles. The standard InChI is InChI=1S/C38H48N4O7/c1-36-22-27(26(35(47)48)21-34(45)46)30(43)20-24(36)8-9-25-28(36)10-12-37(2)29(25)11-13-38(37,49)31(44)23-40-16-18-42(19-17-40)33-7-5-6-32(39-33)41-14-3-4-15-41/h5-7,10,20-21,25,27,29,49H,3-4,8-9,11-19,22-23H2,1-2H3,(H,45,46)(H,47,48)/b26-21-/t25-,27?,29+,36+,37+,38+/m1/s1. The molecule has 11 nitrogen and oxygen atoms in total. The summed E-state index contributed by atoms with van der Waals surface area (Å²) in [4.78, 5) is 62.4. The van der Waals surface area contributed by atoms with Gasteiger partial charge < -0.3 is 25.1 Å². The summed E-state index contributed by atoms with van der Waals surface area (Å²) in [7, 11) is 0. The number of Topliss-reactive ketones (excluding diaryl/α,β-unsaturated/α-hetero) is 1. The lowest BCUT2D eigenvalue weighted by Gasteiger charge is -2.55. The maximum absolute atomic E-state index is 14.1. The smallest absolute Gasteiger partial charge is 0.332 e. The van der Waals surface area contributed by atoms with Gasteiger partial charge in [0.2, 0.25) is 0 Å². The first-order valence-electron chi connectivity index (χ1n) is 17.9. The third-order valence-corrected chi connectivity index (χ3v) is 13.1. The second-order valence-corrected chi connectivity index (χ2v) is 15.6. The molecule has 0 bridgehead atoms. The Kier molecular flexibility index (Phi) is 8.58. The van der Waals surface area contributed by atoms with Crippen LogP contribution >= 0.6 is 0 Å². The van der Waals surface area contributed by atoms with Crippen LogP contribution in [0.3, 0.4) is 0 Å². The van der Waals surface area contributed by atoms with E-state index in [0.29, 0.717) is 44.8 Å². The van der Waals surface area contributed by atoms with E-state index in [2.05, 4.69) is 45.9 Å². The summed E-state index contributed by atoms with van der Waals surface area (Å²) in [5, 5.41) is 31.4. The highest BCUT2D eigenvalue weighted by molar-refractivity contribution is 6.05. The minimum Gasteiger partial charge on any atom is -0.478 e. The van der Waals surface area contributed by atoms with Crippen LogP contribution in [-0.2, 0) is 19.2 Å². The van der Waals surface area contributed by atoms with Gasteiger partial charge in [0.05, 0.1) is 18.0 Å². The Balaban J connectivity index is 1.05. The van der Waals surface area contributed by atoms with Crippen LogP contribution in [0.1, 0.15) is 65.2 Å². The number of fused-ring (bicyclic) bond motifs is 5. The van der Waals surface area contributed by atoms with Crippen molar-refractivity contribution in [1.82, 2.24) is 9.88 Å². The number of aliphatic carboxylic acids is 2. The van der Waals surface area contributed by atoms with E-state index in [0.717, 1.165) is 55.4 Å². The van der Waals surface area contributed by atoms with E-state index in [1.165, 1.54) is 12.8 Å². The number of pyridine rings is 1. The molecule has 2 saturated heterocycles. The number of anilines is 2. The summed E-state index contributed by atoms with van der Waals surface area (Å²) in [5.74, 6) is -2.19. The van der Waals surface area contributed by atoms with Crippen LogP contribution in [0.2, 0.25) is 0 Å². The maximum Gasteiger partial charge on any atom is 0.332 e. The third-order valence-electron chi connectivity index (χ3n) is 13.1. The highest BCUT2D eigenvalue weighted by Crippen LogP contribution is 2.66. The van der Waals surface area contributed by atoms with Gasteiger partial charge in [0.1, 0.15) is 17.2 Å². The number of rotatable bonds is 8. The molecule has 6 aliphatic rings. The minimum atomic E-state index is -1.45. The number of allylic oxidation sites excluding steroid dienone is 4. The van der Waals surface area contributed by atoms with Gasteiger partial charge in [-0.3, -0.25) is 14.5 Å². The summed E-state index contributed by atoms with van der Waals surface area (Å²) in [6.07, 6.45) is 10.0. The normalized spacial score (nSPS) is 34.9. The number of aromatic nitrogens is 1. The summed E-state index contributed by atoms with van der Waals surface area (Å²) < 4.78 is 0. The zero-order chi connectivity index (χ0) is 34.7. The first kappa shape index (κ1) is 33.7. The lowest BCUT2D eigenvalue weighted by atomic mass is 9.49. The fourth-order valence-electron chi connectivity index (χ4n) is 10.3. The van der Waals surface area contributed by atoms with Crippen LogP contribution in [0.5, 0.6) is 0 Å². The minimum absolute atomic E-state index is 0.0650. The molecule has 3 N–H and O–H groups in total. The van der Waals surface area contributed by atoms with Crippen molar-refractivity contribution in [2.75, 3.05) is 55.6 Å². The SMILES string of the molecule is C[C@]12CC(/C(=C/C(=O)O)C(=O)O)C(=O)C=C1CC[C@@H]1C2=CC[C@@]2(C)[C@H]1CC[C@]2(O)C(=O)CN1CCN(c2cccc(N3CCCC3)n2)CC1. The molecule has 11 heteroatoms. The highest BCUT2D eigenvalue weighted by atomic mass is 16.4. The fourth-order valence-corrected chi connectivity index (χ4v) is 10.3. The highest BCUT2D eigenvalue weighted by Gasteiger charge is 2.64. The molecule has 7 rings (SSSR count). The quantitative estimate of drug-likeness (QED) is 0.273. The zero-order valence-corrected chi connectivity index (χ0v) is 28.6. The van der Waals surface area contributed by atoms with Gasteiger partial charge in [0, 0.05) is 56.2 Å². The number of carboxylic acid groups (broad SMARTS) is 2. The Hall–Kier alpha value is -3.83. The second kappa shape index (κ2) is 12.5. The van der Waals surface area contributed by atoms with Gasteiger partial charge in [0.25, 0.3) is 0 Å². The van der Waals surface area contributed by atoms with Crippen LogP contribution < -0.4 is 9.80 Å². The van der Waals surface area contributed by atoms with E-state index >= 15 is 0 Å². The molecule has 4 aliphatic carbocycles. The molecular formula is C38H48N4O7. The van der Waals surface area contributed by atoms with Gasteiger partial charge in [-0.2, -0.15) is 0 Å². The molecule has 0 amide bonds. The van der Waals surface area contributed by atoms with E-state index in [1.54, 1.807) is 6.08 Å². The molecule has 6 atom stereocenters. The van der Waals surface area contributed by atoms with Crippen LogP contribution in [0.25, 0.3) is 0 Å². The Bertz CT molecular complexity index is 1650. The number of nitrogens with zero attached hydrogens (tertiary/aromatic N) is 4. The van der Waals surface area contributed by atoms with Gasteiger partial charge in [-0.05, 0) is 81.4 Å². The van der Waals surface area contributed by atoms with E-state index in [1.807, 2.05) is 6.92 Å². The first-order valence-corrected chi connectivity index (χ1v) is 17.9. The van der Waals surface area contributed by atoms with Crippen LogP contribution in [0.4, 0.5) is 11.6 Å². The van der Waals surface area contributed by atoms with Crippen molar-refractivity contribution in [3.8, 4) is 0 Å². The number of piperazine rings is 1. The molecule has 262 valence electrons. The van der Waals surface area contributed by atoms with E-state index in [9.17, 15) is 34.5 Å². The van der Waals surface area contributed by atoms with E-state index < -0.39 is 39.9 Å². The average molecular weight is 673 g/mol. The van der Waals surface area contributed by atoms with Crippen LogP contribution in [0, 0.1) is 28.6 Å². The van der Waals surface area contributed by atoms with E-state index in [-0.39, 0.29) is 36.4 Å². The Morgan fingerprint density at radius 1 is 0.980 bits per heavy atom. The first-order chi connectivity index (χ1) is 23.3. The van der Waals surface area contributed by atoms with Crippen molar-refractivity contribution in [1.29, 1.82) is 0 Å². The monoisotopic (exact) mass is 672 g/mol. The number of carbonyl (C=O) groups is 4. The van der Waals surface area contributed by atoms with Crippen molar-refractivity contribution in [2.45, 2.75) is 70.8 Å². The average Bonchev–Trinajstić information content (AvgIpc) is 3.71. The van der Waals surface area contributed by atoms with E-state index in [4.69, 9.17) is 4.98 Å². The molecular weight excluding hydrogens is 624 g/mol. The lowest BCUT2D eigenvalue weighted by molar-refractivity contribution is -0.154. The third kappa shape index (κ3) is 5.62. The van der Waals surface area contributed by atoms with Crippen molar-refractivity contribution in [3.63, 3.8) is 0 Å². The Morgan fingerprint density at radius 3 is 2.31 bits per heavy atom. The number of carboxylic acids is 2. The topological polar surface area (TPSA) is 152 Å². The van der Waals surface area contributed by atoms with Crippen molar-refractivity contribution < 1.29 is 34.5 Å². The number of aliphatic hydroxyl groups is 1. The number of hydrogen-bond donors (Lipinski definition) is 3. The summed E-state index contributed by atoms with van der Waals surface area (Å²) >= 11 is 0. The summed E-state index contributed by atoms with van der Waals surface area (Å²) in [5.41, 5.74) is -0.988. The molecule has 4 fully saturated rings. The van der Waals surface area contributed by atoms with Crippen molar-refractivity contribution >= 4 is 35.1 Å². The largest absolute Gasteiger partial charge is 0.478 e. The molecule has 0 spiro atoms. The van der Waals surface area contributed by atoms with Gasteiger partial charge >= 0.3 is 11.9 Å². The molecule has 2 saturated carbocycles. The molecule has 1 aromatic heterocycles. The molecule has 1 unspecified atom stereocenters. The Labute approximate surface area is 287 Å². The maximum atomic E-state index is 14.1. The predicted molar refractivity (Wildman–Crippen MR) is 183 cm³/mol. The lowest BCUT2D eigenvalue weighted by Crippen LogP contribution is -2.58. The van der Waals surface area contributed by atoms with Gasteiger partial charge in [-0.1, -0.05) is 37.1 Å². The summed E-state index contributed by atoms with van der Waals surface area (Å²) in [6, 6.07) is 6.21. The molecule has 49 heavy (non-hydrogen) atoms. The molecule has 1 aromatic rings. The zero-order valence-electron chi connectivity index (χ0n) is 28.6. The van der Waals surface area contributed by atoms with Gasteiger partial charge in [-0.15, -0.1) is 0 Å². The summed E-state index contributed by atoms with van der Waals surface area (Å²) in [6.45, 7) is 9.36. The van der Waals surface area contributed by atoms with Gasteiger partial charge in [0.15, 0.2) is 11.6 Å². The molecule has 0 radical (unpaired) electrons. The van der Waals surface area contributed by atoms with Crippen molar-refractivity contribution in [3.05, 3.63) is 53.1 Å². The van der Waals surface area contributed by atoms with Crippen molar-refractivity contribution in [2.24, 2.45) is 28.6 Å². The number of ketones is 2. The van der Waals surface area contributed by atoms with Crippen LogP contribution in [-0.4, -0.2) is 100 Å². The predicted octanol–water partition coefficient (Wildman–Crippen LogP) is 3.88. The molecule has 3 heterocycles. The second-order valence-electron chi connectivity index (χ2n) is 15.6. The number of hydrogen-bond acceptors (Lipinski definition) is 9. The number of carbonyl (C=O) groups excluding carboxylic acids is 2.